The van der Waals surface area contributed by atoms with Crippen LogP contribution < -0.4 is 4.90 Å². The number of anilines is 3. The minimum atomic E-state index is -0.470. The van der Waals surface area contributed by atoms with E-state index >= 15 is 0 Å². The van der Waals surface area contributed by atoms with Crippen LogP contribution in [-0.2, 0) is 5.41 Å². The molecular formula is C66H43NS. The molecule has 318 valence electrons. The van der Waals surface area contributed by atoms with Gasteiger partial charge in [0.25, 0.3) is 0 Å². The molecule has 1 nitrogen and oxygen atoms in total. The molecule has 0 bridgehead atoms. The van der Waals surface area contributed by atoms with Crippen molar-refractivity contribution >= 4 is 80.9 Å². The van der Waals surface area contributed by atoms with Crippen molar-refractivity contribution in [3.8, 4) is 33.4 Å². The normalized spacial score (nSPS) is 12.9. The summed E-state index contributed by atoms with van der Waals surface area (Å²) in [5.41, 5.74) is 16.8. The highest BCUT2D eigenvalue weighted by atomic mass is 32.1. The molecule has 2 heteroatoms. The first-order chi connectivity index (χ1) is 33.6. The van der Waals surface area contributed by atoms with Gasteiger partial charge in [0.1, 0.15) is 0 Å². The smallest absolute Gasteiger partial charge is 0.0713 e. The van der Waals surface area contributed by atoms with Crippen LogP contribution in [0.3, 0.4) is 0 Å². The molecule has 0 radical (unpaired) electrons. The van der Waals surface area contributed by atoms with Gasteiger partial charge in [-0.25, -0.2) is 0 Å². The number of hydrogen-bond donors (Lipinski definition) is 0. The van der Waals surface area contributed by atoms with Crippen LogP contribution in [0.5, 0.6) is 0 Å². The van der Waals surface area contributed by atoms with E-state index in [2.05, 4.69) is 254 Å². The Morgan fingerprint density at radius 3 is 1.49 bits per heavy atom. The van der Waals surface area contributed by atoms with Crippen molar-refractivity contribution in [2.24, 2.45) is 0 Å². The Kier molecular flexibility index (Phi) is 8.65. The fraction of sp³-hybridized carbons (Fsp3) is 0.0303. The van der Waals surface area contributed by atoms with Gasteiger partial charge in [0.15, 0.2) is 0 Å². The number of aryl methyl sites for hydroxylation is 1. The molecule has 1 heterocycles. The molecule has 0 N–H and O–H groups in total. The van der Waals surface area contributed by atoms with E-state index in [9.17, 15) is 0 Å². The Bertz CT molecular complexity index is 4000. The van der Waals surface area contributed by atoms with E-state index < -0.39 is 5.41 Å². The molecule has 12 aromatic carbocycles. The molecule has 0 unspecified atom stereocenters. The van der Waals surface area contributed by atoms with Crippen LogP contribution in [0.2, 0.25) is 0 Å². The van der Waals surface area contributed by atoms with E-state index in [1.807, 2.05) is 11.3 Å². The summed E-state index contributed by atoms with van der Waals surface area (Å²) >= 11 is 1.88. The topological polar surface area (TPSA) is 3.24 Å². The van der Waals surface area contributed by atoms with Gasteiger partial charge < -0.3 is 4.90 Å². The van der Waals surface area contributed by atoms with Gasteiger partial charge >= 0.3 is 0 Å². The second-order valence-electron chi connectivity index (χ2n) is 18.4. The van der Waals surface area contributed by atoms with Crippen LogP contribution in [0.4, 0.5) is 17.1 Å². The maximum absolute atomic E-state index is 2.41. The Morgan fingerprint density at radius 1 is 0.338 bits per heavy atom. The molecular weight excluding hydrogens is 839 g/mol. The van der Waals surface area contributed by atoms with Crippen molar-refractivity contribution in [3.63, 3.8) is 0 Å². The van der Waals surface area contributed by atoms with Gasteiger partial charge in [-0.05, 0) is 137 Å². The fourth-order valence-electron chi connectivity index (χ4n) is 11.7. The van der Waals surface area contributed by atoms with Crippen molar-refractivity contribution in [2.45, 2.75) is 12.3 Å². The molecule has 0 atom stereocenters. The highest BCUT2D eigenvalue weighted by Crippen LogP contribution is 2.56. The fourth-order valence-corrected chi connectivity index (χ4v) is 12.9. The van der Waals surface area contributed by atoms with Crippen molar-refractivity contribution in [3.05, 3.63) is 270 Å². The highest BCUT2D eigenvalue weighted by Gasteiger charge is 2.45. The molecule has 0 saturated heterocycles. The molecule has 0 spiro atoms. The quantitative estimate of drug-likeness (QED) is 0.144. The summed E-state index contributed by atoms with van der Waals surface area (Å²) in [6.45, 7) is 2.17. The lowest BCUT2D eigenvalue weighted by atomic mass is 9.67. The predicted octanol–water partition coefficient (Wildman–Crippen LogP) is 18.4. The van der Waals surface area contributed by atoms with Gasteiger partial charge in [-0.3, -0.25) is 0 Å². The van der Waals surface area contributed by atoms with Crippen LogP contribution in [0, 0.1) is 6.92 Å². The molecule has 0 amide bonds. The number of fused-ring (bicyclic) bond motifs is 6. The van der Waals surface area contributed by atoms with E-state index in [1.165, 1.54) is 114 Å². The number of hydrogen-bond acceptors (Lipinski definition) is 2. The van der Waals surface area contributed by atoms with E-state index in [1.54, 1.807) is 0 Å². The number of nitrogens with zero attached hydrogens (tertiary/aromatic N) is 1. The second kappa shape index (κ2) is 15.1. The van der Waals surface area contributed by atoms with Gasteiger partial charge in [-0.2, -0.15) is 0 Å². The molecule has 1 aliphatic carbocycles. The predicted molar refractivity (Wildman–Crippen MR) is 291 cm³/mol. The molecule has 1 aromatic heterocycles. The lowest BCUT2D eigenvalue weighted by Crippen LogP contribution is -2.28. The summed E-state index contributed by atoms with van der Waals surface area (Å²) in [5.74, 6) is 0. The van der Waals surface area contributed by atoms with Gasteiger partial charge in [0, 0.05) is 37.2 Å². The Hall–Kier alpha value is -8.30. The van der Waals surface area contributed by atoms with E-state index in [0.717, 1.165) is 17.1 Å². The van der Waals surface area contributed by atoms with Crippen LogP contribution in [0.25, 0.3) is 85.9 Å². The van der Waals surface area contributed by atoms with E-state index in [4.69, 9.17) is 0 Å². The van der Waals surface area contributed by atoms with E-state index in [-0.39, 0.29) is 0 Å². The standard InChI is InChI=1S/C66H43NS/c1-42-20-30-48(31-21-42)66(60-17-5-2-12-55(60)56-13-3-6-18-61(56)66)49-32-38-52(39-33-49)67(51-36-26-44(27-37-51)54-15-9-16-59-57-14-4-7-19-62(57)68-65(54)59)50-34-24-43(25-35-50)53-40-28-47-23-22-45-10-8-11-46-29-41-58(53)64(47)63(45)46/h2-41H,1H3. The monoisotopic (exact) mass is 881 g/mol. The third-order valence-corrected chi connectivity index (χ3v) is 16.0. The molecule has 0 aliphatic heterocycles. The van der Waals surface area contributed by atoms with Crippen molar-refractivity contribution < 1.29 is 0 Å². The maximum atomic E-state index is 2.41. The lowest BCUT2D eigenvalue weighted by molar-refractivity contribution is 0.768. The van der Waals surface area contributed by atoms with Crippen LogP contribution in [0.1, 0.15) is 27.8 Å². The third-order valence-electron chi connectivity index (χ3n) is 14.8. The molecule has 68 heavy (non-hydrogen) atoms. The van der Waals surface area contributed by atoms with Gasteiger partial charge in [-0.15, -0.1) is 11.3 Å². The van der Waals surface area contributed by atoms with Crippen LogP contribution in [0.15, 0.2) is 243 Å². The molecule has 1 aliphatic rings. The van der Waals surface area contributed by atoms with Crippen LogP contribution >= 0.6 is 11.3 Å². The first-order valence-corrected chi connectivity index (χ1v) is 24.4. The first-order valence-electron chi connectivity index (χ1n) is 23.6. The van der Waals surface area contributed by atoms with Gasteiger partial charge in [-0.1, -0.05) is 206 Å². The molecule has 13 aromatic rings. The summed E-state index contributed by atoms with van der Waals surface area (Å²) in [7, 11) is 0. The molecule has 0 saturated carbocycles. The average Bonchev–Trinajstić information content (AvgIpc) is 3.93. The van der Waals surface area contributed by atoms with Crippen molar-refractivity contribution in [1.82, 2.24) is 0 Å². The minimum Gasteiger partial charge on any atom is -0.311 e. The number of benzene rings is 12. The maximum Gasteiger partial charge on any atom is 0.0713 e. The first kappa shape index (κ1) is 38.9. The zero-order chi connectivity index (χ0) is 44.9. The summed E-state index contributed by atoms with van der Waals surface area (Å²) in [4.78, 5) is 2.41. The number of rotatable bonds is 7. The van der Waals surface area contributed by atoms with Gasteiger partial charge in [0.05, 0.1) is 5.41 Å². The zero-order valence-corrected chi connectivity index (χ0v) is 38.3. The average molecular weight is 882 g/mol. The Balaban J connectivity index is 0.914. The third kappa shape index (κ3) is 5.74. The van der Waals surface area contributed by atoms with E-state index in [0.29, 0.717) is 0 Å². The summed E-state index contributed by atoms with van der Waals surface area (Å²) < 4.78 is 2.65. The highest BCUT2D eigenvalue weighted by molar-refractivity contribution is 7.26. The zero-order valence-electron chi connectivity index (χ0n) is 37.4. The molecule has 0 fully saturated rings. The van der Waals surface area contributed by atoms with Crippen molar-refractivity contribution in [2.75, 3.05) is 4.90 Å². The van der Waals surface area contributed by atoms with Crippen molar-refractivity contribution in [1.29, 1.82) is 0 Å². The largest absolute Gasteiger partial charge is 0.311 e. The minimum absolute atomic E-state index is 0.470. The lowest BCUT2D eigenvalue weighted by Gasteiger charge is -2.34. The summed E-state index contributed by atoms with van der Waals surface area (Å²) in [6.07, 6.45) is 0. The number of thiophene rings is 1. The van der Waals surface area contributed by atoms with Gasteiger partial charge in [0.2, 0.25) is 0 Å². The second-order valence-corrected chi connectivity index (χ2v) is 19.5. The Morgan fingerprint density at radius 2 is 0.824 bits per heavy atom. The summed E-state index contributed by atoms with van der Waals surface area (Å²) in [6, 6.07) is 90.7. The van der Waals surface area contributed by atoms with Crippen LogP contribution in [-0.4, -0.2) is 0 Å². The molecule has 14 rings (SSSR count). The summed E-state index contributed by atoms with van der Waals surface area (Å²) in [5, 5.41) is 10.4. The SMILES string of the molecule is Cc1ccc(C2(c3ccc(N(c4ccc(-c5ccc6ccc7cccc8ccc5c6c78)cc4)c4ccc(-c5cccc6c5sc5ccccc56)cc4)cc3)c3ccccc3-c3ccccc32)cc1. The Labute approximate surface area is 399 Å².